The van der Waals surface area contributed by atoms with E-state index in [1.807, 2.05) is 0 Å². The van der Waals surface area contributed by atoms with E-state index < -0.39 is 24.6 Å². The van der Waals surface area contributed by atoms with E-state index in [2.05, 4.69) is 91.0 Å². The summed E-state index contributed by atoms with van der Waals surface area (Å²) in [6.07, 6.45) is 0. The molecule has 0 aliphatic rings. The maximum absolute atomic E-state index is 4.81. The molecular weight excluding hydrogens is 426 g/mol. The van der Waals surface area contributed by atoms with Crippen LogP contribution in [0.1, 0.15) is 0 Å². The van der Waals surface area contributed by atoms with Crippen molar-refractivity contribution in [1.29, 1.82) is 0 Å². The van der Waals surface area contributed by atoms with Crippen LogP contribution in [0.5, 0.6) is 0 Å². The van der Waals surface area contributed by atoms with Gasteiger partial charge in [-0.15, -0.1) is 0 Å². The monoisotopic (exact) mass is 447 g/mol. The molecule has 6 N–H and O–H groups in total. The fraction of sp³-hybridized carbons (Fsp3) is 0. The number of hydrogen-bond donors (Lipinski definition) is 3. The zero-order chi connectivity index (χ0) is 16.5. The molecule has 3 aromatic carbocycles. The largest absolute Gasteiger partial charge is 0.0622 e. The smallest absolute Gasteiger partial charge is 0.0134 e. The minimum atomic E-state index is -1.67. The van der Waals surface area contributed by atoms with Crippen molar-refractivity contribution < 1.29 is 29.1 Å². The summed E-state index contributed by atoms with van der Waals surface area (Å²) in [6, 6.07) is 32.3. The Bertz CT molecular complexity index is 588. The van der Waals surface area contributed by atoms with Gasteiger partial charge in [-0.1, -0.05) is 91.0 Å². The van der Waals surface area contributed by atoms with Crippen molar-refractivity contribution >= 4 is 23.8 Å². The second-order valence-electron chi connectivity index (χ2n) is 4.70. The molecule has 0 saturated carbocycles. The SMILES string of the molecule is [Cl-].[NH2][Ru+]([NH2])[NH2].c1ccc(P(c2ccccc2)c2ccccc2)cc1. The predicted octanol–water partition coefficient (Wildman–Crippen LogP) is -1.33. The van der Waals surface area contributed by atoms with Gasteiger partial charge in [0.15, 0.2) is 0 Å². The molecule has 0 fully saturated rings. The summed E-state index contributed by atoms with van der Waals surface area (Å²) < 4.78 is 14.4. The first-order valence-electron chi connectivity index (χ1n) is 7.02. The minimum absolute atomic E-state index is 0. The van der Waals surface area contributed by atoms with Gasteiger partial charge in [0, 0.05) is 0 Å². The van der Waals surface area contributed by atoms with Crippen molar-refractivity contribution in [3.63, 3.8) is 0 Å². The number of rotatable bonds is 3. The zero-order valence-corrected chi connectivity index (χ0v) is 16.5. The molecule has 0 aliphatic carbocycles. The van der Waals surface area contributed by atoms with E-state index in [4.69, 9.17) is 13.4 Å². The molecule has 0 atom stereocenters. The van der Waals surface area contributed by atoms with Crippen LogP contribution >= 0.6 is 7.92 Å². The Hall–Kier alpha value is -1.12. The molecule has 3 aromatic rings. The van der Waals surface area contributed by atoms with Crippen molar-refractivity contribution in [3.8, 4) is 0 Å². The van der Waals surface area contributed by atoms with Crippen molar-refractivity contribution in [2.75, 3.05) is 0 Å². The standard InChI is InChI=1S/C18H15P.ClH.3H2N.Ru/c1-4-10-16(11-5-1)19(17-12-6-2-7-13-17)18-14-8-3-9-15-18;;;;;/h1-15H;1H;3*1H2;/q;;3*-1;+4/p-1. The number of hydrogen-bond acceptors (Lipinski definition) is 3. The van der Waals surface area contributed by atoms with E-state index in [1.54, 1.807) is 0 Å². The Morgan fingerprint density at radius 2 is 0.708 bits per heavy atom. The molecule has 0 unspecified atom stereocenters. The molecule has 0 heterocycles. The minimum Gasteiger partial charge on any atom is -0.0622 e. The average molecular weight is 447 g/mol. The Kier molecular flexibility index (Phi) is 9.98. The molecule has 0 spiro atoms. The van der Waals surface area contributed by atoms with Crippen LogP contribution < -0.4 is 41.8 Å². The summed E-state index contributed by atoms with van der Waals surface area (Å²) in [6.45, 7) is 0. The normalized spacial score (nSPS) is 10.2. The van der Waals surface area contributed by atoms with Gasteiger partial charge in [-0.05, 0) is 23.8 Å². The molecule has 3 nitrogen and oxygen atoms in total. The van der Waals surface area contributed by atoms with Crippen LogP contribution in [0.15, 0.2) is 91.0 Å². The average Bonchev–Trinajstić information content (AvgIpc) is 2.58. The van der Waals surface area contributed by atoms with Crippen molar-refractivity contribution in [2.24, 2.45) is 13.4 Å². The molecule has 0 bridgehead atoms. The third-order valence-electron chi connectivity index (χ3n) is 3.04. The van der Waals surface area contributed by atoms with Crippen molar-refractivity contribution in [1.82, 2.24) is 0 Å². The van der Waals surface area contributed by atoms with Gasteiger partial charge in [-0.3, -0.25) is 0 Å². The van der Waals surface area contributed by atoms with Crippen LogP contribution in [0, 0.1) is 0 Å². The second-order valence-corrected chi connectivity index (χ2v) is 8.65. The summed E-state index contributed by atoms with van der Waals surface area (Å²) in [7, 11) is -0.446. The van der Waals surface area contributed by atoms with Gasteiger partial charge in [0.2, 0.25) is 0 Å². The fourth-order valence-corrected chi connectivity index (χ4v) is 4.48. The quantitative estimate of drug-likeness (QED) is 0.345. The van der Waals surface area contributed by atoms with Crippen LogP contribution in [-0.2, 0) is 16.7 Å². The summed E-state index contributed by atoms with van der Waals surface area (Å²) in [5.74, 6) is 0. The van der Waals surface area contributed by atoms with Crippen molar-refractivity contribution in [2.45, 2.75) is 0 Å². The first-order chi connectivity index (χ1) is 11.2. The van der Waals surface area contributed by atoms with E-state index in [9.17, 15) is 0 Å². The van der Waals surface area contributed by atoms with Gasteiger partial charge < -0.3 is 12.4 Å². The van der Waals surface area contributed by atoms with E-state index in [1.165, 1.54) is 15.9 Å². The Morgan fingerprint density at radius 1 is 0.500 bits per heavy atom. The third-order valence-corrected chi connectivity index (χ3v) is 5.49. The molecular formula is C18H21ClN3PRu. The first kappa shape index (κ1) is 20.9. The molecule has 0 radical (unpaired) electrons. The zero-order valence-electron chi connectivity index (χ0n) is 13.1. The summed E-state index contributed by atoms with van der Waals surface area (Å²) in [5.41, 5.74) is 0. The molecule has 0 aliphatic heterocycles. The summed E-state index contributed by atoms with van der Waals surface area (Å²) >= 11 is -1.67. The fourth-order valence-electron chi connectivity index (χ4n) is 2.18. The van der Waals surface area contributed by atoms with E-state index in [0.717, 1.165) is 0 Å². The maximum Gasteiger partial charge on any atom is -0.0134 e. The molecule has 24 heavy (non-hydrogen) atoms. The van der Waals surface area contributed by atoms with Gasteiger partial charge in [0.25, 0.3) is 0 Å². The molecule has 0 aromatic heterocycles. The summed E-state index contributed by atoms with van der Waals surface area (Å²) in [5, 5.41) is 4.19. The van der Waals surface area contributed by atoms with Crippen molar-refractivity contribution in [3.05, 3.63) is 91.0 Å². The van der Waals surface area contributed by atoms with Crippen LogP contribution in [-0.4, -0.2) is 0 Å². The van der Waals surface area contributed by atoms with Crippen LogP contribution in [0.2, 0.25) is 0 Å². The van der Waals surface area contributed by atoms with Gasteiger partial charge in [-0.25, -0.2) is 0 Å². The third kappa shape index (κ3) is 6.78. The Morgan fingerprint density at radius 3 is 0.917 bits per heavy atom. The van der Waals surface area contributed by atoms with E-state index >= 15 is 0 Å². The van der Waals surface area contributed by atoms with Crippen LogP contribution in [0.3, 0.4) is 0 Å². The summed E-state index contributed by atoms with van der Waals surface area (Å²) in [4.78, 5) is 0. The number of halogens is 1. The second kappa shape index (κ2) is 11.4. The Labute approximate surface area is 157 Å². The number of benzene rings is 3. The predicted molar refractivity (Wildman–Crippen MR) is 97.7 cm³/mol. The van der Waals surface area contributed by atoms with Crippen LogP contribution in [0.4, 0.5) is 0 Å². The van der Waals surface area contributed by atoms with Crippen LogP contribution in [0.25, 0.3) is 0 Å². The van der Waals surface area contributed by atoms with Gasteiger partial charge in [0.1, 0.15) is 0 Å². The van der Waals surface area contributed by atoms with Gasteiger partial charge in [-0.2, -0.15) is 0 Å². The first-order valence-corrected chi connectivity index (χ1v) is 11.4. The topological polar surface area (TPSA) is 78.1 Å². The van der Waals surface area contributed by atoms with E-state index in [-0.39, 0.29) is 12.4 Å². The molecule has 128 valence electrons. The van der Waals surface area contributed by atoms with Gasteiger partial charge >= 0.3 is 30.1 Å². The van der Waals surface area contributed by atoms with E-state index in [0.29, 0.717) is 0 Å². The molecule has 3 rings (SSSR count). The molecule has 0 saturated heterocycles. The molecule has 6 heteroatoms. The maximum atomic E-state index is 4.81. The van der Waals surface area contributed by atoms with Gasteiger partial charge in [0.05, 0.1) is 0 Å². The number of nitrogens with two attached hydrogens (primary N) is 3. The Balaban J connectivity index is 0.000000522. The molecule has 0 amide bonds.